The van der Waals surface area contributed by atoms with Crippen LogP contribution in [0.2, 0.25) is 0 Å². The number of anilines is 1. The number of nitrogens with one attached hydrogen (secondary N) is 1. The van der Waals surface area contributed by atoms with Gasteiger partial charge in [-0.15, -0.1) is 0 Å². The van der Waals surface area contributed by atoms with Gasteiger partial charge in [-0.2, -0.15) is 0 Å². The van der Waals surface area contributed by atoms with Gasteiger partial charge in [0, 0.05) is 11.7 Å². The monoisotopic (exact) mass is 276 g/mol. The Kier molecular flexibility index (Phi) is 4.78. The van der Waals surface area contributed by atoms with E-state index < -0.39 is 0 Å². The highest BCUT2D eigenvalue weighted by Crippen LogP contribution is 2.22. The van der Waals surface area contributed by atoms with Gasteiger partial charge in [0.15, 0.2) is 0 Å². The van der Waals surface area contributed by atoms with E-state index in [1.54, 1.807) is 0 Å². The van der Waals surface area contributed by atoms with Crippen LogP contribution < -0.4 is 5.32 Å². The number of carbonyl (C=O) groups excluding carboxylic acids is 1. The van der Waals surface area contributed by atoms with E-state index in [-0.39, 0.29) is 18.6 Å². The molecule has 110 valence electrons. The molecule has 1 saturated heterocycles. The normalized spacial score (nSPS) is 19.3. The summed E-state index contributed by atoms with van der Waals surface area (Å²) in [5, 5.41) is 12.3. The largest absolute Gasteiger partial charge is 0.395 e. The van der Waals surface area contributed by atoms with Crippen LogP contribution >= 0.6 is 0 Å². The highest BCUT2D eigenvalue weighted by atomic mass is 16.3. The van der Waals surface area contributed by atoms with Crippen LogP contribution in [-0.4, -0.2) is 41.7 Å². The molecule has 0 radical (unpaired) electrons. The first-order valence-electron chi connectivity index (χ1n) is 7.24. The molecule has 2 rings (SSSR count). The van der Waals surface area contributed by atoms with E-state index in [9.17, 15) is 9.90 Å². The predicted molar refractivity (Wildman–Crippen MR) is 81.0 cm³/mol. The van der Waals surface area contributed by atoms with Gasteiger partial charge in [-0.1, -0.05) is 17.7 Å². The molecule has 0 aromatic heterocycles. The van der Waals surface area contributed by atoms with Crippen molar-refractivity contribution in [2.75, 3.05) is 25.0 Å². The second-order valence-corrected chi connectivity index (χ2v) is 5.77. The number of aliphatic hydroxyl groups excluding tert-OH is 1. The first kappa shape index (κ1) is 15.0. The van der Waals surface area contributed by atoms with Gasteiger partial charge in [0.1, 0.15) is 0 Å². The summed E-state index contributed by atoms with van der Waals surface area (Å²) in [7, 11) is 0. The molecule has 4 nitrogen and oxygen atoms in total. The van der Waals surface area contributed by atoms with E-state index in [1.807, 2.05) is 13.8 Å². The lowest BCUT2D eigenvalue weighted by atomic mass is 10.1. The molecule has 1 aliphatic heterocycles. The fourth-order valence-electron chi connectivity index (χ4n) is 3.05. The van der Waals surface area contributed by atoms with Crippen molar-refractivity contribution in [2.24, 2.45) is 0 Å². The molecule has 1 fully saturated rings. The molecule has 0 saturated carbocycles. The molecule has 1 unspecified atom stereocenters. The minimum absolute atomic E-state index is 0.000373. The van der Waals surface area contributed by atoms with E-state index in [1.165, 1.54) is 5.56 Å². The molecule has 4 heteroatoms. The van der Waals surface area contributed by atoms with Gasteiger partial charge in [0.25, 0.3) is 0 Å². The van der Waals surface area contributed by atoms with Crippen molar-refractivity contribution in [3.63, 3.8) is 0 Å². The predicted octanol–water partition coefficient (Wildman–Crippen LogP) is 2.01. The van der Waals surface area contributed by atoms with E-state index >= 15 is 0 Å². The van der Waals surface area contributed by atoms with Crippen LogP contribution in [0.25, 0.3) is 0 Å². The third kappa shape index (κ3) is 3.38. The number of hydrogen-bond acceptors (Lipinski definition) is 3. The molecule has 0 bridgehead atoms. The second kappa shape index (κ2) is 6.37. The fourth-order valence-corrected chi connectivity index (χ4v) is 3.05. The standard InChI is InChI=1S/C16H24N2O2/c1-11-7-12(2)16(13(3)8-11)17-15(20)9-18-6-4-5-14(18)10-19/h7-8,14,19H,4-6,9-10H2,1-3H3,(H,17,20). The van der Waals surface area contributed by atoms with Crippen LogP contribution in [0.15, 0.2) is 12.1 Å². The number of aliphatic hydroxyl groups is 1. The van der Waals surface area contributed by atoms with Crippen LogP contribution in [0, 0.1) is 20.8 Å². The minimum atomic E-state index is 0.000373. The third-order valence-corrected chi connectivity index (χ3v) is 4.00. The summed E-state index contributed by atoms with van der Waals surface area (Å²) in [5.74, 6) is 0.000373. The minimum Gasteiger partial charge on any atom is -0.395 e. The number of nitrogens with zero attached hydrogens (tertiary/aromatic N) is 1. The Morgan fingerprint density at radius 3 is 2.60 bits per heavy atom. The SMILES string of the molecule is Cc1cc(C)c(NC(=O)CN2CCCC2CO)c(C)c1. The molecule has 1 aromatic rings. The molecule has 1 amide bonds. The molecule has 2 N–H and O–H groups in total. The van der Waals surface area contributed by atoms with Crippen molar-refractivity contribution >= 4 is 11.6 Å². The lowest BCUT2D eigenvalue weighted by Crippen LogP contribution is -2.38. The Morgan fingerprint density at radius 2 is 2.00 bits per heavy atom. The zero-order valence-electron chi connectivity index (χ0n) is 12.6. The quantitative estimate of drug-likeness (QED) is 0.884. The maximum absolute atomic E-state index is 12.2. The van der Waals surface area contributed by atoms with E-state index in [4.69, 9.17) is 0 Å². The fraction of sp³-hybridized carbons (Fsp3) is 0.562. The van der Waals surface area contributed by atoms with E-state index in [2.05, 4.69) is 29.3 Å². The van der Waals surface area contributed by atoms with Crippen LogP contribution in [0.1, 0.15) is 29.5 Å². The van der Waals surface area contributed by atoms with Gasteiger partial charge in [-0.3, -0.25) is 9.69 Å². The van der Waals surface area contributed by atoms with Gasteiger partial charge in [0.2, 0.25) is 5.91 Å². The molecular formula is C16H24N2O2. The summed E-state index contributed by atoms with van der Waals surface area (Å²) >= 11 is 0. The summed E-state index contributed by atoms with van der Waals surface area (Å²) in [6.45, 7) is 7.48. The first-order chi connectivity index (χ1) is 9.51. The summed E-state index contributed by atoms with van der Waals surface area (Å²) in [5.41, 5.74) is 4.31. The number of rotatable bonds is 4. The molecule has 20 heavy (non-hydrogen) atoms. The van der Waals surface area contributed by atoms with Crippen molar-refractivity contribution in [1.82, 2.24) is 4.90 Å². The van der Waals surface area contributed by atoms with Crippen LogP contribution in [-0.2, 0) is 4.79 Å². The van der Waals surface area contributed by atoms with E-state index in [0.29, 0.717) is 6.54 Å². The second-order valence-electron chi connectivity index (χ2n) is 5.77. The molecule has 1 atom stereocenters. The average Bonchev–Trinajstić information content (AvgIpc) is 2.81. The lowest BCUT2D eigenvalue weighted by molar-refractivity contribution is -0.117. The van der Waals surface area contributed by atoms with Crippen molar-refractivity contribution in [3.8, 4) is 0 Å². The molecule has 0 aliphatic carbocycles. The lowest BCUT2D eigenvalue weighted by Gasteiger charge is -2.22. The Labute approximate surface area is 120 Å². The summed E-state index contributed by atoms with van der Waals surface area (Å²) in [4.78, 5) is 14.2. The van der Waals surface area contributed by atoms with Gasteiger partial charge in [0.05, 0.1) is 13.2 Å². The van der Waals surface area contributed by atoms with E-state index in [0.717, 1.165) is 36.2 Å². The number of carbonyl (C=O) groups is 1. The number of likely N-dealkylation sites (tertiary alicyclic amines) is 1. The zero-order valence-corrected chi connectivity index (χ0v) is 12.6. The summed E-state index contributed by atoms with van der Waals surface area (Å²) < 4.78 is 0. The highest BCUT2D eigenvalue weighted by molar-refractivity contribution is 5.93. The maximum Gasteiger partial charge on any atom is 0.238 e. The Morgan fingerprint density at radius 1 is 1.35 bits per heavy atom. The summed E-state index contributed by atoms with van der Waals surface area (Å²) in [6, 6.07) is 4.30. The highest BCUT2D eigenvalue weighted by Gasteiger charge is 2.25. The summed E-state index contributed by atoms with van der Waals surface area (Å²) in [6.07, 6.45) is 2.04. The average molecular weight is 276 g/mol. The Bertz CT molecular complexity index is 476. The van der Waals surface area contributed by atoms with Crippen LogP contribution in [0.5, 0.6) is 0 Å². The molecule has 1 aliphatic rings. The smallest absolute Gasteiger partial charge is 0.238 e. The van der Waals surface area contributed by atoms with Crippen molar-refractivity contribution in [2.45, 2.75) is 39.7 Å². The third-order valence-electron chi connectivity index (χ3n) is 4.00. The molecule has 0 spiro atoms. The van der Waals surface area contributed by atoms with Gasteiger partial charge in [-0.05, 0) is 51.3 Å². The number of aryl methyl sites for hydroxylation is 3. The number of hydrogen-bond donors (Lipinski definition) is 2. The Balaban J connectivity index is 2.01. The van der Waals surface area contributed by atoms with Crippen molar-refractivity contribution in [1.29, 1.82) is 0 Å². The zero-order chi connectivity index (χ0) is 14.7. The first-order valence-corrected chi connectivity index (χ1v) is 7.24. The van der Waals surface area contributed by atoms with Gasteiger partial charge < -0.3 is 10.4 Å². The van der Waals surface area contributed by atoms with Gasteiger partial charge >= 0.3 is 0 Å². The molecule has 1 heterocycles. The number of amides is 1. The molecule has 1 aromatic carbocycles. The van der Waals surface area contributed by atoms with Gasteiger partial charge in [-0.25, -0.2) is 0 Å². The van der Waals surface area contributed by atoms with Crippen LogP contribution in [0.4, 0.5) is 5.69 Å². The van der Waals surface area contributed by atoms with Crippen molar-refractivity contribution in [3.05, 3.63) is 28.8 Å². The Hall–Kier alpha value is -1.39. The molecular weight excluding hydrogens is 252 g/mol. The maximum atomic E-state index is 12.2. The number of benzene rings is 1. The van der Waals surface area contributed by atoms with Crippen LogP contribution in [0.3, 0.4) is 0 Å². The topological polar surface area (TPSA) is 52.6 Å². The van der Waals surface area contributed by atoms with Crippen molar-refractivity contribution < 1.29 is 9.90 Å².